The molecule has 0 aromatic carbocycles. The summed E-state index contributed by atoms with van der Waals surface area (Å²) < 4.78 is 18.7. The number of ether oxygens (including phenoxy) is 1. The number of hydrogen-bond acceptors (Lipinski definition) is 5. The van der Waals surface area contributed by atoms with Crippen LogP contribution in [0, 0.1) is 0 Å². The minimum Gasteiger partial charge on any atom is -0.459 e. The Labute approximate surface area is 132 Å². The van der Waals surface area contributed by atoms with Crippen LogP contribution in [0.1, 0.15) is 27.2 Å². The number of primary amides is 1. The summed E-state index contributed by atoms with van der Waals surface area (Å²) in [5, 5.41) is 0.745. The van der Waals surface area contributed by atoms with Crippen LogP contribution in [-0.4, -0.2) is 59.0 Å². The van der Waals surface area contributed by atoms with E-state index in [4.69, 9.17) is 15.3 Å². The maximum Gasteiger partial charge on any atom is 0.371 e. The van der Waals surface area contributed by atoms with E-state index in [0.717, 1.165) is 5.06 Å². The summed E-state index contributed by atoms with van der Waals surface area (Å²) in [5.74, 6) is -1.88. The van der Waals surface area contributed by atoms with E-state index in [2.05, 4.69) is 0 Å². The van der Waals surface area contributed by atoms with Crippen LogP contribution in [0.3, 0.4) is 0 Å². The molecule has 3 amide bonds. The molecule has 1 fully saturated rings. The number of hydrogen-bond donors (Lipinski definition) is 1. The van der Waals surface area contributed by atoms with Gasteiger partial charge in [-0.3, -0.25) is 4.79 Å². The molecule has 2 aliphatic rings. The van der Waals surface area contributed by atoms with Gasteiger partial charge >= 0.3 is 18.4 Å². The lowest BCUT2D eigenvalue weighted by Gasteiger charge is -2.27. The van der Waals surface area contributed by atoms with Crippen molar-refractivity contribution in [2.75, 3.05) is 6.54 Å². The third-order valence-electron chi connectivity index (χ3n) is 3.87. The number of hydroxylamine groups is 2. The average molecular weight is 329 g/mol. The second kappa shape index (κ2) is 6.53. The number of halogens is 1. The highest BCUT2D eigenvalue weighted by molar-refractivity contribution is 5.90. The van der Waals surface area contributed by atoms with E-state index in [0.29, 0.717) is 12.0 Å². The van der Waals surface area contributed by atoms with Gasteiger partial charge in [0.2, 0.25) is 5.91 Å². The average Bonchev–Trinajstić information content (AvgIpc) is 2.71. The Hall–Kier alpha value is -2.16. The smallest absolute Gasteiger partial charge is 0.371 e. The summed E-state index contributed by atoms with van der Waals surface area (Å²) in [6.45, 7) is 5.18. The second-order valence-electron chi connectivity index (χ2n) is 5.62. The molecule has 9 heteroatoms. The van der Waals surface area contributed by atoms with Crippen LogP contribution in [0.4, 0.5) is 9.18 Å². The Morgan fingerprint density at radius 1 is 1.52 bits per heavy atom. The van der Waals surface area contributed by atoms with Crippen LogP contribution in [0.5, 0.6) is 0 Å². The zero-order valence-corrected chi connectivity index (χ0v) is 13.2. The van der Waals surface area contributed by atoms with Gasteiger partial charge in [0.1, 0.15) is 6.04 Å². The number of esters is 1. The molecule has 2 bridgehead atoms. The number of fused-ring (bicyclic) bond motifs is 2. The molecule has 0 unspecified atom stereocenters. The Morgan fingerprint density at radius 3 is 2.74 bits per heavy atom. The Balaban J connectivity index is 2.07. The maximum absolute atomic E-state index is 13.9. The van der Waals surface area contributed by atoms with Crippen LogP contribution in [0.25, 0.3) is 0 Å². The minimum atomic E-state index is -2.42. The molecule has 2 aliphatic heterocycles. The normalized spacial score (nSPS) is 25.9. The molecule has 23 heavy (non-hydrogen) atoms. The van der Waals surface area contributed by atoms with Crippen molar-refractivity contribution in [3.63, 3.8) is 0 Å². The first-order valence-electron chi connectivity index (χ1n) is 7.35. The number of nitrogens with two attached hydrogens (primary N) is 1. The van der Waals surface area contributed by atoms with Gasteiger partial charge in [-0.05, 0) is 25.8 Å². The van der Waals surface area contributed by atoms with Gasteiger partial charge in [-0.2, -0.15) is 5.06 Å². The molecule has 8 nitrogen and oxygen atoms in total. The van der Waals surface area contributed by atoms with Crippen LogP contribution in [-0.2, 0) is 19.2 Å². The molecule has 0 aromatic rings. The Kier molecular flexibility index (Phi) is 4.88. The van der Waals surface area contributed by atoms with E-state index in [1.807, 2.05) is 0 Å². The monoisotopic (exact) mass is 329 g/mol. The third kappa shape index (κ3) is 3.29. The van der Waals surface area contributed by atoms with E-state index in [-0.39, 0.29) is 6.54 Å². The highest BCUT2D eigenvalue weighted by Crippen LogP contribution is 2.30. The molecular weight excluding hydrogens is 309 g/mol. The topological polar surface area (TPSA) is 102 Å². The van der Waals surface area contributed by atoms with Crippen LogP contribution in [0.15, 0.2) is 11.6 Å². The van der Waals surface area contributed by atoms with Gasteiger partial charge in [-0.15, -0.1) is 0 Å². The van der Waals surface area contributed by atoms with Crippen LogP contribution < -0.4 is 5.73 Å². The predicted molar refractivity (Wildman–Crippen MR) is 76.3 cm³/mol. The first-order chi connectivity index (χ1) is 10.8. The zero-order valence-electron chi connectivity index (χ0n) is 13.2. The van der Waals surface area contributed by atoms with E-state index in [1.54, 1.807) is 26.8 Å². The number of carbonyl (C=O) groups excluding carboxylic acids is 3. The first kappa shape index (κ1) is 17.2. The molecule has 0 aliphatic carbocycles. The molecular formula is C14H20FN3O5. The molecule has 2 N–H and O–H groups in total. The molecule has 0 saturated carbocycles. The SMILES string of the molecule is CC[C@@H](C)OC(=O)[C@H](F)ON1C(=O)N2C[C@@H]1C=C(C)[C@H]2C(N)=O. The van der Waals surface area contributed by atoms with Crippen LogP contribution >= 0.6 is 0 Å². The lowest BCUT2D eigenvalue weighted by molar-refractivity contribution is -0.225. The molecule has 0 aromatic heterocycles. The largest absolute Gasteiger partial charge is 0.459 e. The molecule has 0 radical (unpaired) electrons. The van der Waals surface area contributed by atoms with Crippen molar-refractivity contribution in [3.05, 3.63) is 11.6 Å². The van der Waals surface area contributed by atoms with Gasteiger partial charge in [0, 0.05) is 0 Å². The van der Waals surface area contributed by atoms with Gasteiger partial charge in [-0.1, -0.05) is 13.0 Å². The number of amides is 3. The highest BCUT2D eigenvalue weighted by atomic mass is 19.1. The third-order valence-corrected chi connectivity index (χ3v) is 3.87. The van der Waals surface area contributed by atoms with Crippen molar-refractivity contribution >= 4 is 17.9 Å². The number of carbonyl (C=O) groups is 3. The van der Waals surface area contributed by atoms with Crippen molar-refractivity contribution in [2.24, 2.45) is 5.73 Å². The quantitative estimate of drug-likeness (QED) is 0.564. The van der Waals surface area contributed by atoms with Crippen molar-refractivity contribution in [3.8, 4) is 0 Å². The molecule has 2 heterocycles. The number of nitrogens with zero attached hydrogens (tertiary/aromatic N) is 2. The summed E-state index contributed by atoms with van der Waals surface area (Å²) in [5.41, 5.74) is 5.86. The molecule has 128 valence electrons. The van der Waals surface area contributed by atoms with Gasteiger partial charge in [0.25, 0.3) is 0 Å². The van der Waals surface area contributed by atoms with E-state index < -0.39 is 42.5 Å². The molecule has 4 atom stereocenters. The summed E-state index contributed by atoms with van der Waals surface area (Å²) in [4.78, 5) is 41.3. The van der Waals surface area contributed by atoms with Crippen molar-refractivity contribution < 1.29 is 28.3 Å². The van der Waals surface area contributed by atoms with Gasteiger partial charge in [0.15, 0.2) is 0 Å². The molecule has 0 spiro atoms. The van der Waals surface area contributed by atoms with Crippen molar-refractivity contribution in [1.82, 2.24) is 9.96 Å². The van der Waals surface area contributed by atoms with E-state index in [9.17, 15) is 18.8 Å². The van der Waals surface area contributed by atoms with E-state index in [1.165, 1.54) is 4.90 Å². The van der Waals surface area contributed by atoms with Gasteiger partial charge in [-0.25, -0.2) is 18.8 Å². The number of rotatable bonds is 6. The second-order valence-corrected chi connectivity index (χ2v) is 5.62. The first-order valence-corrected chi connectivity index (χ1v) is 7.35. The van der Waals surface area contributed by atoms with Crippen molar-refractivity contribution in [1.29, 1.82) is 0 Å². The fraction of sp³-hybridized carbons (Fsp3) is 0.643. The maximum atomic E-state index is 13.9. The summed E-state index contributed by atoms with van der Waals surface area (Å²) in [7, 11) is 0. The predicted octanol–water partition coefficient (Wildman–Crippen LogP) is 0.475. The summed E-state index contributed by atoms with van der Waals surface area (Å²) in [6, 6.07) is -2.20. The zero-order chi connectivity index (χ0) is 17.3. The molecule has 2 rings (SSSR count). The van der Waals surface area contributed by atoms with Crippen LogP contribution in [0.2, 0.25) is 0 Å². The van der Waals surface area contributed by atoms with Crippen molar-refractivity contribution in [2.45, 2.75) is 51.7 Å². The number of urea groups is 1. The fourth-order valence-corrected chi connectivity index (χ4v) is 2.58. The van der Waals surface area contributed by atoms with Gasteiger partial charge < -0.3 is 15.4 Å². The Bertz CT molecular complexity index is 553. The number of alkyl halides is 1. The lowest BCUT2D eigenvalue weighted by atomic mass is 10.0. The summed E-state index contributed by atoms with van der Waals surface area (Å²) in [6.07, 6.45) is -0.749. The minimum absolute atomic E-state index is 0.136. The van der Waals surface area contributed by atoms with E-state index >= 15 is 0 Å². The standard InChI is InChI=1S/C14H20FN3O5/c1-4-8(3)22-13(20)11(15)23-18-9-5-7(2)10(12(16)19)17(6-9)14(18)21/h5,8-11H,4,6H2,1-3H3,(H2,16,19)/t8-,9+,10+,11-/m1/s1. The fourth-order valence-electron chi connectivity index (χ4n) is 2.58. The summed E-state index contributed by atoms with van der Waals surface area (Å²) >= 11 is 0. The lowest BCUT2D eigenvalue weighted by Crippen LogP contribution is -2.48. The molecule has 1 saturated heterocycles. The van der Waals surface area contributed by atoms with Gasteiger partial charge in [0.05, 0.1) is 18.7 Å². The Morgan fingerprint density at radius 2 is 2.17 bits per heavy atom. The highest BCUT2D eigenvalue weighted by Gasteiger charge is 2.48.